The third kappa shape index (κ3) is 1.51. The summed E-state index contributed by atoms with van der Waals surface area (Å²) in [6, 6.07) is 9.39. The molecule has 0 amide bonds. The maximum atomic E-state index is 4.13. The van der Waals surface area contributed by atoms with E-state index in [2.05, 4.69) is 56.1 Å². The molecule has 4 aromatic rings. The molecule has 4 aliphatic rings. The van der Waals surface area contributed by atoms with E-state index in [-0.39, 0.29) is 0 Å². The highest BCUT2D eigenvalue weighted by molar-refractivity contribution is 9.11. The van der Waals surface area contributed by atoms with Crippen LogP contribution in [0.1, 0.15) is 84.5 Å². The average Bonchev–Trinajstić information content (AvgIpc) is 3.38. The molecule has 0 N–H and O–H groups in total. The van der Waals surface area contributed by atoms with Gasteiger partial charge in [0.1, 0.15) is 0 Å². The lowest BCUT2D eigenvalue weighted by Gasteiger charge is -2.40. The van der Waals surface area contributed by atoms with Gasteiger partial charge in [-0.1, -0.05) is 47.0 Å². The Morgan fingerprint density at radius 1 is 0.571 bits per heavy atom. The predicted molar refractivity (Wildman–Crippen MR) is 124 cm³/mol. The van der Waals surface area contributed by atoms with Crippen LogP contribution >= 0.6 is 31.9 Å². The van der Waals surface area contributed by atoms with Gasteiger partial charge in [-0.3, -0.25) is 0 Å². The summed E-state index contributed by atoms with van der Waals surface area (Å²) in [5.41, 5.74) is 7.03. The monoisotopic (exact) mass is 490 g/mol. The number of fused-ring (bicyclic) bond motifs is 9. The standard InChI is InChI=1S/C26H20Br2/c27-17-10-8-11-7-9-16-19-12-3-1-4-13(12)20(19)21-14-5-2-6-15(14)23-25(21)22(16)18(11)24(17)26(23)28/h7-10,12-15H,1-6H2. The minimum absolute atomic E-state index is 0.732. The quantitative estimate of drug-likeness (QED) is 0.215. The molecule has 0 radical (unpaired) electrons. The van der Waals surface area contributed by atoms with Crippen molar-refractivity contribution < 1.29 is 0 Å². The van der Waals surface area contributed by atoms with Gasteiger partial charge in [0.25, 0.3) is 0 Å². The fourth-order valence-electron chi connectivity index (χ4n) is 7.91. The van der Waals surface area contributed by atoms with E-state index in [1.165, 1.54) is 63.6 Å². The molecule has 0 bridgehead atoms. The molecule has 4 aliphatic carbocycles. The Morgan fingerprint density at radius 2 is 1.21 bits per heavy atom. The van der Waals surface area contributed by atoms with Gasteiger partial charge in [-0.15, -0.1) is 0 Å². The Kier molecular flexibility index (Phi) is 2.77. The van der Waals surface area contributed by atoms with Crippen molar-refractivity contribution in [2.24, 2.45) is 0 Å². The second-order valence-electron chi connectivity index (χ2n) is 9.64. The first-order valence-corrected chi connectivity index (χ1v) is 12.5. The molecule has 2 fully saturated rings. The van der Waals surface area contributed by atoms with E-state index >= 15 is 0 Å². The largest absolute Gasteiger partial charge is 0.0537 e. The molecule has 0 aromatic heterocycles. The van der Waals surface area contributed by atoms with Crippen molar-refractivity contribution in [1.82, 2.24) is 0 Å². The Balaban J connectivity index is 1.70. The second kappa shape index (κ2) is 4.95. The van der Waals surface area contributed by atoms with E-state index in [0.29, 0.717) is 0 Å². The molecule has 0 aliphatic heterocycles. The van der Waals surface area contributed by atoms with Crippen molar-refractivity contribution in [3.8, 4) is 0 Å². The summed E-state index contributed by atoms with van der Waals surface area (Å²) in [6.45, 7) is 0. The SMILES string of the molecule is Brc1ccc2ccc3c4c(c5c6c(c(Br)c1c2c36)C1CCCC51)C1CCCC41. The summed E-state index contributed by atoms with van der Waals surface area (Å²) in [4.78, 5) is 0. The van der Waals surface area contributed by atoms with Crippen LogP contribution < -0.4 is 0 Å². The second-order valence-corrected chi connectivity index (χ2v) is 11.3. The first-order valence-electron chi connectivity index (χ1n) is 10.9. The number of rotatable bonds is 0. The van der Waals surface area contributed by atoms with Crippen LogP contribution in [0.2, 0.25) is 0 Å². The van der Waals surface area contributed by atoms with E-state index in [4.69, 9.17) is 0 Å². The molecular formula is C26H20Br2. The molecule has 28 heavy (non-hydrogen) atoms. The fraction of sp³-hybridized carbons (Fsp3) is 0.385. The molecule has 4 unspecified atom stereocenters. The van der Waals surface area contributed by atoms with Crippen LogP contribution in [0.15, 0.2) is 33.2 Å². The van der Waals surface area contributed by atoms with Gasteiger partial charge in [0, 0.05) is 14.3 Å². The van der Waals surface area contributed by atoms with Gasteiger partial charge in [-0.05, 0) is 121 Å². The van der Waals surface area contributed by atoms with E-state index in [0.717, 1.165) is 23.7 Å². The molecule has 2 heteroatoms. The fourth-order valence-corrected chi connectivity index (χ4v) is 9.61. The summed E-state index contributed by atoms with van der Waals surface area (Å²) in [7, 11) is 0. The predicted octanol–water partition coefficient (Wildman–Crippen LogP) is 8.84. The van der Waals surface area contributed by atoms with Gasteiger partial charge < -0.3 is 0 Å². The maximum Gasteiger partial charge on any atom is 0.0306 e. The van der Waals surface area contributed by atoms with Crippen molar-refractivity contribution in [3.63, 3.8) is 0 Å². The minimum atomic E-state index is 0.732. The summed E-state index contributed by atoms with van der Waals surface area (Å²) in [6.07, 6.45) is 8.42. The van der Waals surface area contributed by atoms with E-state index in [9.17, 15) is 0 Å². The number of benzene rings is 4. The maximum absolute atomic E-state index is 4.13. The summed E-state index contributed by atoms with van der Waals surface area (Å²) < 4.78 is 2.62. The van der Waals surface area contributed by atoms with Gasteiger partial charge >= 0.3 is 0 Å². The van der Waals surface area contributed by atoms with Crippen LogP contribution in [0.5, 0.6) is 0 Å². The van der Waals surface area contributed by atoms with Crippen molar-refractivity contribution in [3.05, 3.63) is 55.5 Å². The van der Waals surface area contributed by atoms with Crippen LogP contribution in [0, 0.1) is 0 Å². The molecule has 0 nitrogen and oxygen atoms in total. The Hall–Kier alpha value is -1.12. The highest BCUT2D eigenvalue weighted by atomic mass is 79.9. The lowest BCUT2D eigenvalue weighted by molar-refractivity contribution is 0.530. The number of hydrogen-bond donors (Lipinski definition) is 0. The number of halogens is 2. The van der Waals surface area contributed by atoms with Crippen molar-refractivity contribution in [1.29, 1.82) is 0 Å². The topological polar surface area (TPSA) is 0 Å². The van der Waals surface area contributed by atoms with Gasteiger partial charge in [-0.25, -0.2) is 0 Å². The number of hydrogen-bond acceptors (Lipinski definition) is 0. The Bertz CT molecular complexity index is 1360. The van der Waals surface area contributed by atoms with Gasteiger partial charge in [0.15, 0.2) is 0 Å². The van der Waals surface area contributed by atoms with Crippen LogP contribution in [0.4, 0.5) is 0 Å². The minimum Gasteiger partial charge on any atom is -0.0537 e. The van der Waals surface area contributed by atoms with E-state index in [1.54, 1.807) is 32.8 Å². The molecule has 4 aromatic carbocycles. The molecule has 138 valence electrons. The lowest BCUT2D eigenvalue weighted by Crippen LogP contribution is -2.23. The zero-order valence-corrected chi connectivity index (χ0v) is 18.8. The van der Waals surface area contributed by atoms with Crippen LogP contribution in [0.3, 0.4) is 0 Å². The smallest absolute Gasteiger partial charge is 0.0306 e. The molecule has 4 atom stereocenters. The molecule has 0 heterocycles. The highest BCUT2D eigenvalue weighted by Crippen LogP contribution is 2.68. The summed E-state index contributed by atoms with van der Waals surface area (Å²) in [5, 5.41) is 9.14. The van der Waals surface area contributed by atoms with E-state index < -0.39 is 0 Å². The summed E-state index contributed by atoms with van der Waals surface area (Å²) in [5.74, 6) is 3.21. The molecule has 2 saturated carbocycles. The third-order valence-corrected chi connectivity index (χ3v) is 10.3. The van der Waals surface area contributed by atoms with Crippen molar-refractivity contribution >= 4 is 64.2 Å². The van der Waals surface area contributed by atoms with Gasteiger partial charge in [0.05, 0.1) is 0 Å². The lowest BCUT2D eigenvalue weighted by atomic mass is 9.64. The van der Waals surface area contributed by atoms with Crippen LogP contribution in [-0.4, -0.2) is 0 Å². The molecule has 8 rings (SSSR count). The highest BCUT2D eigenvalue weighted by Gasteiger charge is 2.50. The Labute approximate surface area is 181 Å². The molecular weight excluding hydrogens is 472 g/mol. The molecule has 0 saturated heterocycles. The van der Waals surface area contributed by atoms with Crippen molar-refractivity contribution in [2.75, 3.05) is 0 Å². The van der Waals surface area contributed by atoms with Crippen molar-refractivity contribution in [2.45, 2.75) is 62.2 Å². The third-order valence-electron chi connectivity index (χ3n) is 8.77. The van der Waals surface area contributed by atoms with E-state index in [1.807, 2.05) is 5.56 Å². The van der Waals surface area contributed by atoms with Crippen LogP contribution in [-0.2, 0) is 0 Å². The Morgan fingerprint density at radius 3 is 2.00 bits per heavy atom. The summed E-state index contributed by atoms with van der Waals surface area (Å²) >= 11 is 8.04. The average molecular weight is 492 g/mol. The first-order chi connectivity index (χ1) is 13.8. The molecule has 0 spiro atoms. The van der Waals surface area contributed by atoms with Crippen LogP contribution in [0.25, 0.3) is 32.3 Å². The van der Waals surface area contributed by atoms with Gasteiger partial charge in [-0.2, -0.15) is 0 Å². The zero-order valence-electron chi connectivity index (χ0n) is 15.6. The normalized spacial score (nSPS) is 29.6. The van der Waals surface area contributed by atoms with Gasteiger partial charge in [0.2, 0.25) is 0 Å². The first kappa shape index (κ1) is 15.7. The zero-order chi connectivity index (χ0) is 18.3.